The lowest BCUT2D eigenvalue weighted by molar-refractivity contribution is 0.0600. The summed E-state index contributed by atoms with van der Waals surface area (Å²) in [6.07, 6.45) is 0. The van der Waals surface area contributed by atoms with Gasteiger partial charge in [0.15, 0.2) is 0 Å². The van der Waals surface area contributed by atoms with Crippen molar-refractivity contribution in [1.82, 2.24) is 5.32 Å². The Morgan fingerprint density at radius 1 is 1.60 bits per heavy atom. The lowest BCUT2D eigenvalue weighted by Gasteiger charge is -2.06. The number of rotatable bonds is 2. The average Bonchev–Trinajstić information content (AvgIpc) is 2.69. The molecule has 80 valence electrons. The first-order valence-corrected chi connectivity index (χ1v) is 4.78. The first-order chi connectivity index (χ1) is 7.26. The van der Waals surface area contributed by atoms with Gasteiger partial charge in [-0.25, -0.2) is 4.79 Å². The monoisotopic (exact) mass is 207 g/mol. The molecular formula is C11H13NO3. The highest BCUT2D eigenvalue weighted by atomic mass is 16.5. The Bertz CT molecular complexity index is 389. The Morgan fingerprint density at radius 3 is 3.07 bits per heavy atom. The second-order valence-electron chi connectivity index (χ2n) is 3.40. The molecule has 0 spiro atoms. The molecule has 0 amide bonds. The second-order valence-corrected chi connectivity index (χ2v) is 3.40. The number of carbonyl (C=O) groups excluding carboxylic acids is 1. The quantitative estimate of drug-likeness (QED) is 0.738. The van der Waals surface area contributed by atoms with E-state index in [9.17, 15) is 4.79 Å². The van der Waals surface area contributed by atoms with Gasteiger partial charge in [-0.05, 0) is 19.2 Å². The van der Waals surface area contributed by atoms with Crippen LogP contribution in [0.5, 0.6) is 5.75 Å². The molecule has 1 aliphatic rings. The van der Waals surface area contributed by atoms with E-state index in [0.717, 1.165) is 11.3 Å². The lowest BCUT2D eigenvalue weighted by Crippen LogP contribution is -2.17. The van der Waals surface area contributed by atoms with Crippen LogP contribution in [0.25, 0.3) is 0 Å². The van der Waals surface area contributed by atoms with Gasteiger partial charge in [-0.15, -0.1) is 0 Å². The molecule has 1 N–H and O–H groups in total. The van der Waals surface area contributed by atoms with Gasteiger partial charge in [-0.1, -0.05) is 6.07 Å². The summed E-state index contributed by atoms with van der Waals surface area (Å²) in [6, 6.07) is 5.59. The molecule has 1 heterocycles. The minimum absolute atomic E-state index is 0.215. The Labute approximate surface area is 88.2 Å². The molecule has 0 radical (unpaired) electrons. The topological polar surface area (TPSA) is 47.6 Å². The molecule has 1 aliphatic heterocycles. The van der Waals surface area contributed by atoms with E-state index in [-0.39, 0.29) is 12.0 Å². The van der Waals surface area contributed by atoms with E-state index in [1.807, 2.05) is 13.1 Å². The third kappa shape index (κ3) is 1.68. The van der Waals surface area contributed by atoms with Crippen molar-refractivity contribution in [3.63, 3.8) is 0 Å². The first kappa shape index (κ1) is 9.98. The van der Waals surface area contributed by atoms with Crippen molar-refractivity contribution in [3.8, 4) is 5.75 Å². The van der Waals surface area contributed by atoms with Crippen molar-refractivity contribution in [1.29, 1.82) is 0 Å². The summed E-state index contributed by atoms with van der Waals surface area (Å²) >= 11 is 0. The molecule has 0 aromatic heterocycles. The van der Waals surface area contributed by atoms with Crippen LogP contribution in [0.4, 0.5) is 0 Å². The molecule has 1 aromatic carbocycles. The van der Waals surface area contributed by atoms with Gasteiger partial charge in [0.1, 0.15) is 12.4 Å². The maximum atomic E-state index is 11.3. The maximum absolute atomic E-state index is 11.3. The van der Waals surface area contributed by atoms with E-state index in [2.05, 4.69) is 10.1 Å². The molecule has 0 bridgehead atoms. The summed E-state index contributed by atoms with van der Waals surface area (Å²) < 4.78 is 10.1. The molecular weight excluding hydrogens is 194 g/mol. The molecule has 2 rings (SSSR count). The summed E-state index contributed by atoms with van der Waals surface area (Å²) in [6.45, 7) is 0.608. The Hall–Kier alpha value is -1.55. The molecule has 0 aliphatic carbocycles. The van der Waals surface area contributed by atoms with Crippen molar-refractivity contribution in [2.75, 3.05) is 20.8 Å². The summed E-state index contributed by atoms with van der Waals surface area (Å²) in [5.74, 6) is 0.423. The van der Waals surface area contributed by atoms with Crippen molar-refractivity contribution in [2.24, 2.45) is 0 Å². The van der Waals surface area contributed by atoms with Crippen LogP contribution >= 0.6 is 0 Å². The Kier molecular flexibility index (Phi) is 2.60. The smallest absolute Gasteiger partial charge is 0.337 e. The number of benzene rings is 1. The zero-order valence-electron chi connectivity index (χ0n) is 8.74. The van der Waals surface area contributed by atoms with Crippen LogP contribution in [0.15, 0.2) is 18.2 Å². The van der Waals surface area contributed by atoms with Crippen molar-refractivity contribution < 1.29 is 14.3 Å². The Balaban J connectivity index is 2.33. The average molecular weight is 207 g/mol. The SMILES string of the molecule is CNC1COc2cc(C(=O)OC)ccc21. The summed E-state index contributed by atoms with van der Waals surface area (Å²) in [7, 11) is 3.25. The fourth-order valence-electron chi connectivity index (χ4n) is 1.69. The van der Waals surface area contributed by atoms with Crippen LogP contribution in [0.3, 0.4) is 0 Å². The number of hydrogen-bond acceptors (Lipinski definition) is 4. The van der Waals surface area contributed by atoms with Gasteiger partial charge in [0.2, 0.25) is 0 Å². The third-order valence-electron chi connectivity index (χ3n) is 2.56. The molecule has 1 aromatic rings. The minimum atomic E-state index is -0.339. The van der Waals surface area contributed by atoms with Crippen LogP contribution in [-0.4, -0.2) is 26.7 Å². The standard InChI is InChI=1S/C11H13NO3/c1-12-9-6-15-10-5-7(11(13)14-2)3-4-8(9)10/h3-5,9,12H,6H2,1-2H3. The normalized spacial score (nSPS) is 18.1. The van der Waals surface area contributed by atoms with Crippen LogP contribution in [0.2, 0.25) is 0 Å². The maximum Gasteiger partial charge on any atom is 0.337 e. The number of esters is 1. The highest BCUT2D eigenvalue weighted by molar-refractivity contribution is 5.90. The van der Waals surface area contributed by atoms with Crippen LogP contribution in [-0.2, 0) is 4.74 Å². The minimum Gasteiger partial charge on any atom is -0.491 e. The molecule has 0 saturated carbocycles. The first-order valence-electron chi connectivity index (χ1n) is 4.78. The molecule has 1 atom stereocenters. The van der Waals surface area contributed by atoms with E-state index in [4.69, 9.17) is 4.74 Å². The van der Waals surface area contributed by atoms with E-state index in [1.165, 1.54) is 7.11 Å². The van der Waals surface area contributed by atoms with E-state index >= 15 is 0 Å². The van der Waals surface area contributed by atoms with Crippen LogP contribution < -0.4 is 10.1 Å². The zero-order valence-corrected chi connectivity index (χ0v) is 8.74. The highest BCUT2D eigenvalue weighted by Crippen LogP contribution is 2.32. The van der Waals surface area contributed by atoms with Gasteiger partial charge in [0.25, 0.3) is 0 Å². The number of methoxy groups -OCH3 is 1. The Morgan fingerprint density at radius 2 is 2.40 bits per heavy atom. The molecule has 4 nitrogen and oxygen atoms in total. The lowest BCUT2D eigenvalue weighted by atomic mass is 10.1. The summed E-state index contributed by atoms with van der Waals surface area (Å²) in [5, 5.41) is 3.14. The van der Waals surface area contributed by atoms with Gasteiger partial charge in [0.05, 0.1) is 18.7 Å². The highest BCUT2D eigenvalue weighted by Gasteiger charge is 2.23. The summed E-state index contributed by atoms with van der Waals surface area (Å²) in [4.78, 5) is 11.3. The van der Waals surface area contributed by atoms with Gasteiger partial charge >= 0.3 is 5.97 Å². The molecule has 0 saturated heterocycles. The number of carbonyl (C=O) groups is 1. The van der Waals surface area contributed by atoms with Gasteiger partial charge in [0, 0.05) is 5.56 Å². The van der Waals surface area contributed by atoms with Crippen LogP contribution in [0.1, 0.15) is 22.0 Å². The van der Waals surface area contributed by atoms with E-state index in [0.29, 0.717) is 12.2 Å². The van der Waals surface area contributed by atoms with E-state index in [1.54, 1.807) is 12.1 Å². The predicted molar refractivity (Wildman–Crippen MR) is 55.1 cm³/mol. The van der Waals surface area contributed by atoms with Crippen LogP contribution in [0, 0.1) is 0 Å². The van der Waals surface area contributed by atoms with Crippen molar-refractivity contribution in [3.05, 3.63) is 29.3 Å². The van der Waals surface area contributed by atoms with Crippen molar-refractivity contribution in [2.45, 2.75) is 6.04 Å². The van der Waals surface area contributed by atoms with Crippen molar-refractivity contribution >= 4 is 5.97 Å². The largest absolute Gasteiger partial charge is 0.491 e. The molecule has 4 heteroatoms. The number of likely N-dealkylation sites (N-methyl/N-ethyl adjacent to an activating group) is 1. The number of ether oxygens (including phenoxy) is 2. The van der Waals surface area contributed by atoms with Gasteiger partial charge in [-0.2, -0.15) is 0 Å². The number of hydrogen-bond donors (Lipinski definition) is 1. The van der Waals surface area contributed by atoms with E-state index < -0.39 is 0 Å². The fraction of sp³-hybridized carbons (Fsp3) is 0.364. The second kappa shape index (κ2) is 3.90. The van der Waals surface area contributed by atoms with Gasteiger partial charge in [-0.3, -0.25) is 0 Å². The molecule has 1 unspecified atom stereocenters. The summed E-state index contributed by atoms with van der Waals surface area (Å²) in [5.41, 5.74) is 1.61. The fourth-order valence-corrected chi connectivity index (χ4v) is 1.69. The predicted octanol–water partition coefficient (Wildman–Crippen LogP) is 1.13. The van der Waals surface area contributed by atoms with Gasteiger partial charge < -0.3 is 14.8 Å². The molecule has 0 fully saturated rings. The molecule has 15 heavy (non-hydrogen) atoms. The third-order valence-corrected chi connectivity index (χ3v) is 2.56. The zero-order chi connectivity index (χ0) is 10.8. The number of nitrogens with one attached hydrogen (secondary N) is 1. The number of fused-ring (bicyclic) bond motifs is 1.